The third kappa shape index (κ3) is 3.99. The van der Waals surface area contributed by atoms with Gasteiger partial charge in [-0.25, -0.2) is 0 Å². The van der Waals surface area contributed by atoms with Crippen molar-refractivity contribution in [2.24, 2.45) is 5.41 Å². The van der Waals surface area contributed by atoms with E-state index in [9.17, 15) is 9.59 Å². The highest BCUT2D eigenvalue weighted by atomic mass is 79.9. The second-order valence-corrected chi connectivity index (χ2v) is 5.80. The number of benzene rings is 1. The number of anilines is 1. The second kappa shape index (κ2) is 5.71. The molecule has 0 fully saturated rings. The van der Waals surface area contributed by atoms with Crippen LogP contribution in [0.15, 0.2) is 22.7 Å². The largest absolute Gasteiger partial charge is 0.481 e. The number of amides is 1. The first kappa shape index (κ1) is 15.0. The number of hydrogen-bond acceptors (Lipinski definition) is 2. The van der Waals surface area contributed by atoms with Gasteiger partial charge < -0.3 is 10.4 Å². The van der Waals surface area contributed by atoms with Gasteiger partial charge in [0, 0.05) is 16.6 Å². The molecule has 0 saturated carbocycles. The van der Waals surface area contributed by atoms with Gasteiger partial charge in [-0.05, 0) is 48.0 Å². The molecule has 0 saturated heterocycles. The van der Waals surface area contributed by atoms with Gasteiger partial charge in [-0.3, -0.25) is 9.59 Å². The summed E-state index contributed by atoms with van der Waals surface area (Å²) in [5.74, 6) is -1.36. The molecule has 0 spiro atoms. The SMILES string of the molecule is CC(C)(CC(=O)Nc1ccc(Cl)c(Br)c1)C(=O)O. The Kier molecular flexibility index (Phi) is 4.76. The fraction of sp³-hybridized carbons (Fsp3) is 0.333. The zero-order valence-corrected chi connectivity index (χ0v) is 12.3. The van der Waals surface area contributed by atoms with Gasteiger partial charge in [0.2, 0.25) is 5.91 Å². The minimum absolute atomic E-state index is 0.0947. The lowest BCUT2D eigenvalue weighted by molar-refractivity contribution is -0.148. The molecule has 1 aromatic carbocycles. The second-order valence-electron chi connectivity index (χ2n) is 4.54. The highest BCUT2D eigenvalue weighted by Gasteiger charge is 2.30. The van der Waals surface area contributed by atoms with Crippen molar-refractivity contribution in [2.75, 3.05) is 5.32 Å². The molecule has 2 N–H and O–H groups in total. The fourth-order valence-electron chi connectivity index (χ4n) is 1.26. The molecule has 0 aliphatic rings. The molecule has 0 unspecified atom stereocenters. The van der Waals surface area contributed by atoms with E-state index < -0.39 is 11.4 Å². The summed E-state index contributed by atoms with van der Waals surface area (Å²) in [4.78, 5) is 22.6. The van der Waals surface area contributed by atoms with E-state index in [2.05, 4.69) is 21.2 Å². The van der Waals surface area contributed by atoms with Crippen molar-refractivity contribution in [1.29, 1.82) is 0 Å². The van der Waals surface area contributed by atoms with Gasteiger partial charge in [0.1, 0.15) is 0 Å². The van der Waals surface area contributed by atoms with Crippen LogP contribution in [0, 0.1) is 5.41 Å². The lowest BCUT2D eigenvalue weighted by Crippen LogP contribution is -2.29. The number of nitrogens with one attached hydrogen (secondary N) is 1. The van der Waals surface area contributed by atoms with Crippen molar-refractivity contribution in [3.05, 3.63) is 27.7 Å². The summed E-state index contributed by atoms with van der Waals surface area (Å²) in [6, 6.07) is 4.95. The van der Waals surface area contributed by atoms with Crippen LogP contribution in [0.3, 0.4) is 0 Å². The highest BCUT2D eigenvalue weighted by molar-refractivity contribution is 9.10. The van der Waals surface area contributed by atoms with Crippen molar-refractivity contribution < 1.29 is 14.7 Å². The minimum atomic E-state index is -1.09. The minimum Gasteiger partial charge on any atom is -0.481 e. The Hall–Kier alpha value is -1.07. The molecule has 1 rings (SSSR count). The Morgan fingerprint density at radius 1 is 1.44 bits per heavy atom. The van der Waals surface area contributed by atoms with Crippen LogP contribution in [0.2, 0.25) is 5.02 Å². The van der Waals surface area contributed by atoms with Gasteiger partial charge >= 0.3 is 5.97 Å². The molecular weight excluding hydrogens is 321 g/mol. The molecule has 1 aromatic rings. The molecule has 4 nitrogen and oxygen atoms in total. The van der Waals surface area contributed by atoms with Crippen LogP contribution >= 0.6 is 27.5 Å². The van der Waals surface area contributed by atoms with Gasteiger partial charge in [-0.2, -0.15) is 0 Å². The van der Waals surface area contributed by atoms with Crippen LogP contribution in [0.1, 0.15) is 20.3 Å². The van der Waals surface area contributed by atoms with Crippen molar-refractivity contribution in [3.63, 3.8) is 0 Å². The Balaban J connectivity index is 2.71. The molecular formula is C12H13BrClNO3. The molecule has 0 heterocycles. The van der Waals surface area contributed by atoms with Crippen molar-refractivity contribution >= 4 is 45.1 Å². The maximum absolute atomic E-state index is 11.7. The zero-order chi connectivity index (χ0) is 13.9. The van der Waals surface area contributed by atoms with E-state index in [1.807, 2.05) is 0 Å². The molecule has 0 atom stereocenters. The Labute approximate surface area is 118 Å². The number of halogens is 2. The summed E-state index contributed by atoms with van der Waals surface area (Å²) in [6.45, 7) is 3.01. The fourth-order valence-corrected chi connectivity index (χ4v) is 1.75. The van der Waals surface area contributed by atoms with Crippen molar-refractivity contribution in [3.8, 4) is 0 Å². The van der Waals surface area contributed by atoms with Crippen molar-refractivity contribution in [1.82, 2.24) is 0 Å². The van der Waals surface area contributed by atoms with Crippen LogP contribution in [0.5, 0.6) is 0 Å². The molecule has 18 heavy (non-hydrogen) atoms. The summed E-state index contributed by atoms with van der Waals surface area (Å²) < 4.78 is 0.666. The normalized spacial score (nSPS) is 11.1. The molecule has 0 aliphatic heterocycles. The van der Waals surface area contributed by atoms with Crippen LogP contribution in [-0.4, -0.2) is 17.0 Å². The predicted octanol–water partition coefficient (Wildman–Crippen LogP) is 3.54. The molecule has 6 heteroatoms. The monoisotopic (exact) mass is 333 g/mol. The Morgan fingerprint density at radius 3 is 2.56 bits per heavy atom. The zero-order valence-electron chi connectivity index (χ0n) is 9.96. The first-order chi connectivity index (χ1) is 8.22. The number of carbonyl (C=O) groups is 2. The van der Waals surface area contributed by atoms with Crippen LogP contribution in [-0.2, 0) is 9.59 Å². The average molecular weight is 335 g/mol. The number of aliphatic carboxylic acids is 1. The van der Waals surface area contributed by atoms with E-state index in [1.54, 1.807) is 18.2 Å². The van der Waals surface area contributed by atoms with E-state index in [4.69, 9.17) is 16.7 Å². The number of rotatable bonds is 4. The summed E-state index contributed by atoms with van der Waals surface area (Å²) in [5.41, 5.74) is -0.522. The van der Waals surface area contributed by atoms with E-state index in [1.165, 1.54) is 13.8 Å². The number of hydrogen-bond donors (Lipinski definition) is 2. The summed E-state index contributed by atoms with van der Waals surface area (Å²) in [5, 5.41) is 12.1. The average Bonchev–Trinajstić information content (AvgIpc) is 2.22. The van der Waals surface area contributed by atoms with E-state index >= 15 is 0 Å². The number of carbonyl (C=O) groups excluding carboxylic acids is 1. The maximum atomic E-state index is 11.7. The smallest absolute Gasteiger partial charge is 0.309 e. The number of carboxylic acids is 1. The van der Waals surface area contributed by atoms with Gasteiger partial charge in [0.25, 0.3) is 0 Å². The van der Waals surface area contributed by atoms with Gasteiger partial charge in [-0.15, -0.1) is 0 Å². The standard InChI is InChI=1S/C12H13BrClNO3/c1-12(2,11(17)18)6-10(16)15-7-3-4-9(14)8(13)5-7/h3-5H,6H2,1-2H3,(H,15,16)(H,17,18). The van der Waals surface area contributed by atoms with E-state index in [-0.39, 0.29) is 12.3 Å². The molecule has 0 bridgehead atoms. The van der Waals surface area contributed by atoms with Crippen LogP contribution < -0.4 is 5.32 Å². The quantitative estimate of drug-likeness (QED) is 0.885. The first-order valence-corrected chi connectivity index (χ1v) is 6.38. The topological polar surface area (TPSA) is 66.4 Å². The molecule has 98 valence electrons. The first-order valence-electron chi connectivity index (χ1n) is 5.20. The molecule has 0 radical (unpaired) electrons. The highest BCUT2D eigenvalue weighted by Crippen LogP contribution is 2.26. The number of carboxylic acid groups (broad SMARTS) is 1. The van der Waals surface area contributed by atoms with Crippen LogP contribution in [0.25, 0.3) is 0 Å². The van der Waals surface area contributed by atoms with Crippen molar-refractivity contribution in [2.45, 2.75) is 20.3 Å². The van der Waals surface area contributed by atoms with Gasteiger partial charge in [0.15, 0.2) is 0 Å². The predicted molar refractivity (Wildman–Crippen MR) is 73.8 cm³/mol. The van der Waals surface area contributed by atoms with E-state index in [0.717, 1.165) is 0 Å². The lowest BCUT2D eigenvalue weighted by atomic mass is 9.89. The Morgan fingerprint density at radius 2 is 2.06 bits per heavy atom. The summed E-state index contributed by atoms with van der Waals surface area (Å²) in [6.07, 6.45) is -0.0947. The molecule has 0 aromatic heterocycles. The summed E-state index contributed by atoms with van der Waals surface area (Å²) in [7, 11) is 0. The third-order valence-corrected chi connectivity index (χ3v) is 3.60. The van der Waals surface area contributed by atoms with E-state index in [0.29, 0.717) is 15.2 Å². The maximum Gasteiger partial charge on any atom is 0.309 e. The Bertz CT molecular complexity index is 488. The van der Waals surface area contributed by atoms with Crippen LogP contribution in [0.4, 0.5) is 5.69 Å². The molecule has 0 aliphatic carbocycles. The molecule has 1 amide bonds. The third-order valence-electron chi connectivity index (χ3n) is 2.38. The van der Waals surface area contributed by atoms with Gasteiger partial charge in [0.05, 0.1) is 10.4 Å². The summed E-state index contributed by atoms with van der Waals surface area (Å²) >= 11 is 9.07. The lowest BCUT2D eigenvalue weighted by Gasteiger charge is -2.18. The van der Waals surface area contributed by atoms with Gasteiger partial charge in [-0.1, -0.05) is 11.6 Å².